The van der Waals surface area contributed by atoms with Gasteiger partial charge in [0.05, 0.1) is 0 Å². The van der Waals surface area contributed by atoms with Crippen LogP contribution in [0.1, 0.15) is 27.2 Å². The Morgan fingerprint density at radius 1 is 1.53 bits per heavy atom. The monoisotopic (exact) mass is 215 g/mol. The highest BCUT2D eigenvalue weighted by molar-refractivity contribution is 5.68. The van der Waals surface area contributed by atoms with Crippen LogP contribution in [0.2, 0.25) is 0 Å². The van der Waals surface area contributed by atoms with Gasteiger partial charge in [0.25, 0.3) is 0 Å². The first kappa shape index (κ1) is 12.3. The average molecular weight is 215 g/mol. The van der Waals surface area contributed by atoms with E-state index in [0.717, 1.165) is 19.5 Å². The number of alkyl carbamates (subject to hydrolysis) is 1. The van der Waals surface area contributed by atoms with Gasteiger partial charge in [0, 0.05) is 26.2 Å². The van der Waals surface area contributed by atoms with Gasteiger partial charge in [0.1, 0.15) is 5.60 Å². The fraction of sp³-hybridized carbons (Fsp3) is 0.900. The number of rotatable bonds is 1. The van der Waals surface area contributed by atoms with Gasteiger partial charge in [-0.1, -0.05) is 0 Å². The summed E-state index contributed by atoms with van der Waals surface area (Å²) in [6.45, 7) is 7.27. The van der Waals surface area contributed by atoms with Crippen molar-refractivity contribution in [3.05, 3.63) is 0 Å². The molecule has 0 aliphatic carbocycles. The lowest BCUT2D eigenvalue weighted by Gasteiger charge is -2.31. The fourth-order valence-corrected chi connectivity index (χ4v) is 1.39. The molecule has 88 valence electrons. The standard InChI is InChI=1S/C10H21N3O2/c1-10(2,3)15-9(14)12-8-5-6-13(4)11-7-8/h8,11H,5-7H2,1-4H3,(H,12,14). The van der Waals surface area contributed by atoms with Crippen molar-refractivity contribution in [1.29, 1.82) is 0 Å². The zero-order chi connectivity index (χ0) is 11.5. The number of ether oxygens (including phenoxy) is 1. The predicted molar refractivity (Wildman–Crippen MR) is 58.4 cm³/mol. The summed E-state index contributed by atoms with van der Waals surface area (Å²) in [4.78, 5) is 11.4. The SMILES string of the molecule is CN1CCC(NC(=O)OC(C)(C)C)CN1. The van der Waals surface area contributed by atoms with E-state index in [0.29, 0.717) is 0 Å². The van der Waals surface area contributed by atoms with E-state index in [1.165, 1.54) is 0 Å². The summed E-state index contributed by atoms with van der Waals surface area (Å²) in [7, 11) is 1.99. The molecule has 0 aromatic heterocycles. The quantitative estimate of drug-likeness (QED) is 0.677. The number of carbonyl (C=O) groups excluding carboxylic acids is 1. The van der Waals surface area contributed by atoms with Crippen molar-refractivity contribution in [2.24, 2.45) is 0 Å². The number of hydrogen-bond donors (Lipinski definition) is 2. The molecule has 1 unspecified atom stereocenters. The maximum atomic E-state index is 11.4. The third kappa shape index (κ3) is 4.99. The molecule has 1 heterocycles. The van der Waals surface area contributed by atoms with Gasteiger partial charge in [-0.05, 0) is 27.2 Å². The number of amides is 1. The lowest BCUT2D eigenvalue weighted by atomic mass is 10.2. The van der Waals surface area contributed by atoms with Gasteiger partial charge in [-0.2, -0.15) is 0 Å². The van der Waals surface area contributed by atoms with Gasteiger partial charge in [0.15, 0.2) is 0 Å². The van der Waals surface area contributed by atoms with Crippen LogP contribution in [0.25, 0.3) is 0 Å². The van der Waals surface area contributed by atoms with E-state index in [4.69, 9.17) is 4.74 Å². The van der Waals surface area contributed by atoms with E-state index in [1.54, 1.807) is 0 Å². The Bertz CT molecular complexity index is 217. The number of hydrazine groups is 1. The van der Waals surface area contributed by atoms with Gasteiger partial charge in [0.2, 0.25) is 0 Å². The molecule has 1 aliphatic rings. The van der Waals surface area contributed by atoms with E-state index >= 15 is 0 Å². The summed E-state index contributed by atoms with van der Waals surface area (Å²) in [6.07, 6.45) is 0.613. The Hall–Kier alpha value is -0.810. The van der Waals surface area contributed by atoms with E-state index in [-0.39, 0.29) is 12.1 Å². The van der Waals surface area contributed by atoms with Crippen LogP contribution in [0.3, 0.4) is 0 Å². The molecule has 2 N–H and O–H groups in total. The summed E-state index contributed by atoms with van der Waals surface area (Å²) in [5.74, 6) is 0. The minimum Gasteiger partial charge on any atom is -0.444 e. The lowest BCUT2D eigenvalue weighted by Crippen LogP contribution is -2.53. The summed E-state index contributed by atoms with van der Waals surface area (Å²) < 4.78 is 5.18. The highest BCUT2D eigenvalue weighted by Gasteiger charge is 2.21. The molecule has 1 rings (SSSR count). The zero-order valence-corrected chi connectivity index (χ0v) is 9.96. The molecule has 0 spiro atoms. The van der Waals surface area contributed by atoms with Crippen LogP contribution in [0, 0.1) is 0 Å². The first-order valence-electron chi connectivity index (χ1n) is 5.31. The van der Waals surface area contributed by atoms with E-state index in [1.807, 2.05) is 32.8 Å². The second-order valence-electron chi connectivity index (χ2n) is 4.92. The van der Waals surface area contributed by atoms with Crippen LogP contribution in [0.5, 0.6) is 0 Å². The van der Waals surface area contributed by atoms with Crippen molar-refractivity contribution in [3.63, 3.8) is 0 Å². The molecule has 0 radical (unpaired) electrons. The number of hydrogen-bond acceptors (Lipinski definition) is 4. The minimum atomic E-state index is -0.428. The number of nitrogens with zero attached hydrogens (tertiary/aromatic N) is 1. The Labute approximate surface area is 91.1 Å². The molecule has 0 aromatic rings. The molecule has 5 nitrogen and oxygen atoms in total. The second-order valence-corrected chi connectivity index (χ2v) is 4.92. The van der Waals surface area contributed by atoms with Crippen molar-refractivity contribution >= 4 is 6.09 Å². The van der Waals surface area contributed by atoms with Crippen LogP contribution in [0.15, 0.2) is 0 Å². The van der Waals surface area contributed by atoms with E-state index < -0.39 is 5.60 Å². The zero-order valence-electron chi connectivity index (χ0n) is 9.96. The molecule has 1 amide bonds. The molecular formula is C10H21N3O2. The molecule has 15 heavy (non-hydrogen) atoms. The van der Waals surface area contributed by atoms with Crippen LogP contribution < -0.4 is 10.7 Å². The van der Waals surface area contributed by atoms with Crippen molar-refractivity contribution in [1.82, 2.24) is 15.8 Å². The van der Waals surface area contributed by atoms with Crippen LogP contribution in [0.4, 0.5) is 4.79 Å². The number of nitrogens with one attached hydrogen (secondary N) is 2. The molecular weight excluding hydrogens is 194 g/mol. The first-order chi connectivity index (χ1) is 6.87. The Kier molecular flexibility index (Phi) is 3.93. The Morgan fingerprint density at radius 3 is 2.67 bits per heavy atom. The largest absolute Gasteiger partial charge is 0.444 e. The van der Waals surface area contributed by atoms with Gasteiger partial charge in [-0.25, -0.2) is 9.80 Å². The molecule has 1 fully saturated rings. The third-order valence-corrected chi connectivity index (χ3v) is 2.14. The Balaban J connectivity index is 2.27. The van der Waals surface area contributed by atoms with Gasteiger partial charge in [-0.3, -0.25) is 5.43 Å². The summed E-state index contributed by atoms with van der Waals surface area (Å²) >= 11 is 0. The third-order valence-electron chi connectivity index (χ3n) is 2.14. The van der Waals surface area contributed by atoms with E-state index in [2.05, 4.69) is 10.7 Å². The molecule has 0 aromatic carbocycles. The highest BCUT2D eigenvalue weighted by atomic mass is 16.6. The van der Waals surface area contributed by atoms with Gasteiger partial charge >= 0.3 is 6.09 Å². The second kappa shape index (κ2) is 4.81. The van der Waals surface area contributed by atoms with Crippen molar-refractivity contribution in [2.75, 3.05) is 20.1 Å². The normalized spacial score (nSPS) is 23.6. The van der Waals surface area contributed by atoms with Crippen molar-refractivity contribution in [3.8, 4) is 0 Å². The molecule has 1 saturated heterocycles. The maximum Gasteiger partial charge on any atom is 0.407 e. The number of carbonyl (C=O) groups is 1. The average Bonchev–Trinajstić information content (AvgIpc) is 2.05. The smallest absolute Gasteiger partial charge is 0.407 e. The molecule has 0 saturated carbocycles. The molecule has 1 atom stereocenters. The molecule has 0 bridgehead atoms. The van der Waals surface area contributed by atoms with Crippen LogP contribution >= 0.6 is 0 Å². The highest BCUT2D eigenvalue weighted by Crippen LogP contribution is 2.07. The van der Waals surface area contributed by atoms with Crippen molar-refractivity contribution < 1.29 is 9.53 Å². The molecule has 5 heteroatoms. The minimum absolute atomic E-state index is 0.163. The molecule has 1 aliphatic heterocycles. The van der Waals surface area contributed by atoms with Gasteiger partial charge in [-0.15, -0.1) is 0 Å². The topological polar surface area (TPSA) is 53.6 Å². The summed E-state index contributed by atoms with van der Waals surface area (Å²) in [5.41, 5.74) is 2.74. The first-order valence-corrected chi connectivity index (χ1v) is 5.31. The van der Waals surface area contributed by atoms with E-state index in [9.17, 15) is 4.79 Å². The lowest BCUT2D eigenvalue weighted by molar-refractivity contribution is 0.0471. The summed E-state index contributed by atoms with van der Waals surface area (Å²) in [5, 5.41) is 4.87. The maximum absolute atomic E-state index is 11.4. The van der Waals surface area contributed by atoms with Crippen LogP contribution in [-0.2, 0) is 4.74 Å². The van der Waals surface area contributed by atoms with Gasteiger partial charge < -0.3 is 10.1 Å². The fourth-order valence-electron chi connectivity index (χ4n) is 1.39. The predicted octanol–water partition coefficient (Wildman–Crippen LogP) is 0.720. The van der Waals surface area contributed by atoms with Crippen molar-refractivity contribution in [2.45, 2.75) is 38.8 Å². The van der Waals surface area contributed by atoms with Crippen LogP contribution in [-0.4, -0.2) is 42.9 Å². The Morgan fingerprint density at radius 2 is 2.20 bits per heavy atom. The summed E-state index contributed by atoms with van der Waals surface area (Å²) in [6, 6.07) is 0.163.